The van der Waals surface area contributed by atoms with Crippen molar-refractivity contribution >= 4 is 20.0 Å². The van der Waals surface area contributed by atoms with Gasteiger partial charge in [-0.3, -0.25) is 0 Å². The van der Waals surface area contributed by atoms with E-state index >= 15 is 0 Å². The molecule has 9 heteroatoms. The van der Waals surface area contributed by atoms with Crippen molar-refractivity contribution in [3.63, 3.8) is 0 Å². The number of carbonyl (C=O) groups excluding carboxylic acids is 2. The maximum absolute atomic E-state index is 12.1. The number of amides is 1. The molecule has 0 unspecified atom stereocenters. The molecule has 1 atom stereocenters. The number of hydrogen-bond acceptors (Lipinski definition) is 7. The van der Waals surface area contributed by atoms with Crippen molar-refractivity contribution in [2.24, 2.45) is 5.41 Å². The van der Waals surface area contributed by atoms with Crippen LogP contribution in [0.2, 0.25) is 0 Å². The van der Waals surface area contributed by atoms with Gasteiger partial charge in [-0.1, -0.05) is 0 Å². The molecule has 1 fully saturated rings. The molecular weight excluding hydrogens is 289 g/mol. The van der Waals surface area contributed by atoms with Crippen molar-refractivity contribution < 1.29 is 32.8 Å². The monoisotopic (exact) mass is 311 g/mol. The molecule has 8 nitrogen and oxygen atoms in total. The fourth-order valence-electron chi connectivity index (χ4n) is 1.69. The van der Waals surface area contributed by atoms with E-state index in [0.29, 0.717) is 0 Å². The zero-order chi connectivity index (χ0) is 15.4. The zero-order valence-corrected chi connectivity index (χ0v) is 13.1. The van der Waals surface area contributed by atoms with Crippen LogP contribution in [0.15, 0.2) is 0 Å². The number of nitrogens with one attached hydrogen (secondary N) is 1. The van der Waals surface area contributed by atoms with Gasteiger partial charge in [-0.2, -0.15) is 0 Å². The van der Waals surface area contributed by atoms with Gasteiger partial charge in [-0.15, -0.1) is 0 Å². The van der Waals surface area contributed by atoms with Gasteiger partial charge in [0.05, 0.1) is 0 Å². The molecule has 0 bridgehead atoms. The molecule has 1 saturated heterocycles. The van der Waals surface area contributed by atoms with E-state index < -0.39 is 31.6 Å². The van der Waals surface area contributed by atoms with Gasteiger partial charge in [-0.25, -0.2) is 0 Å². The SMILES string of the molecule is COC(=O)CCNC(=O)[C@@H]1O[PH](O)(OC)OCC1(C)C. The summed E-state index contributed by atoms with van der Waals surface area (Å²) in [6.07, 6.45) is -0.844. The Hall–Kier alpha value is -0.790. The predicted molar refractivity (Wildman–Crippen MR) is 71.8 cm³/mol. The van der Waals surface area contributed by atoms with Gasteiger partial charge in [0.1, 0.15) is 0 Å². The average molecular weight is 311 g/mol. The van der Waals surface area contributed by atoms with E-state index in [0.717, 1.165) is 0 Å². The third-order valence-corrected chi connectivity index (χ3v) is 4.51. The first-order chi connectivity index (χ1) is 9.24. The van der Waals surface area contributed by atoms with Gasteiger partial charge >= 0.3 is 117 Å². The van der Waals surface area contributed by atoms with Crippen molar-refractivity contribution in [2.45, 2.75) is 26.4 Å². The molecule has 0 spiro atoms. The molecule has 1 aliphatic heterocycles. The van der Waals surface area contributed by atoms with E-state index in [-0.39, 0.29) is 19.6 Å². The Morgan fingerprint density at radius 2 is 2.10 bits per heavy atom. The fraction of sp³-hybridized carbons (Fsp3) is 0.818. The van der Waals surface area contributed by atoms with Gasteiger partial charge in [0, 0.05) is 0 Å². The molecule has 0 aromatic carbocycles. The molecule has 0 aromatic heterocycles. The summed E-state index contributed by atoms with van der Waals surface area (Å²) in [5, 5.41) is 2.57. The first-order valence-electron chi connectivity index (χ1n) is 6.18. The van der Waals surface area contributed by atoms with Crippen LogP contribution < -0.4 is 5.32 Å². The Kier molecular flexibility index (Phi) is 5.85. The Bertz CT molecular complexity index is 376. The summed E-state index contributed by atoms with van der Waals surface area (Å²) < 4.78 is 19.8. The molecule has 1 rings (SSSR count). The number of carbonyl (C=O) groups is 2. The van der Waals surface area contributed by atoms with Gasteiger partial charge in [-0.05, 0) is 0 Å². The third kappa shape index (κ3) is 4.36. The number of methoxy groups -OCH3 is 1. The number of esters is 1. The van der Waals surface area contributed by atoms with Crippen LogP contribution >= 0.6 is 8.17 Å². The number of hydrogen-bond donors (Lipinski definition) is 2. The summed E-state index contributed by atoms with van der Waals surface area (Å²) in [6, 6.07) is 0. The standard InChI is InChI=1S/C11H22NO7P/c1-11(2)7-18-20(15,17-4)19-9(11)10(14)12-6-5-8(13)16-3/h9,15,20H,5-7H2,1-4H3,(H,12,14)/t9-/m0/s1. The van der Waals surface area contributed by atoms with Gasteiger partial charge in [0.15, 0.2) is 0 Å². The second-order valence-corrected chi connectivity index (χ2v) is 7.10. The van der Waals surface area contributed by atoms with Crippen LogP contribution in [-0.2, 0) is 27.9 Å². The summed E-state index contributed by atoms with van der Waals surface area (Å²) in [5.41, 5.74) is -0.618. The zero-order valence-electron chi connectivity index (χ0n) is 12.1. The summed E-state index contributed by atoms with van der Waals surface area (Å²) in [5.74, 6) is -0.842. The van der Waals surface area contributed by atoms with Crippen molar-refractivity contribution in [3.05, 3.63) is 0 Å². The molecule has 2 N–H and O–H groups in total. The molecule has 0 aliphatic carbocycles. The minimum absolute atomic E-state index is 0.0673. The van der Waals surface area contributed by atoms with Crippen LogP contribution in [0.5, 0.6) is 0 Å². The van der Waals surface area contributed by atoms with E-state index in [1.165, 1.54) is 14.2 Å². The van der Waals surface area contributed by atoms with Crippen LogP contribution in [0.25, 0.3) is 0 Å². The Morgan fingerprint density at radius 1 is 1.45 bits per heavy atom. The van der Waals surface area contributed by atoms with Crippen molar-refractivity contribution in [1.29, 1.82) is 0 Å². The summed E-state index contributed by atoms with van der Waals surface area (Å²) in [4.78, 5) is 33.0. The second-order valence-electron chi connectivity index (χ2n) is 5.12. The normalized spacial score (nSPS) is 25.6. The molecule has 1 heterocycles. The van der Waals surface area contributed by atoms with Crippen molar-refractivity contribution in [3.8, 4) is 0 Å². The molecular formula is C11H22NO7P. The van der Waals surface area contributed by atoms with Gasteiger partial charge in [0.2, 0.25) is 0 Å². The molecule has 0 saturated carbocycles. The topological polar surface area (TPSA) is 103 Å². The van der Waals surface area contributed by atoms with E-state index in [4.69, 9.17) is 13.6 Å². The predicted octanol–water partition coefficient (Wildman–Crippen LogP) is 0.156. The minimum atomic E-state index is -3.75. The maximum atomic E-state index is 12.1. The number of ether oxygens (including phenoxy) is 1. The quantitative estimate of drug-likeness (QED) is 0.550. The molecule has 1 amide bonds. The van der Waals surface area contributed by atoms with Crippen LogP contribution in [0, 0.1) is 5.41 Å². The van der Waals surface area contributed by atoms with Crippen molar-refractivity contribution in [2.75, 3.05) is 27.4 Å². The Balaban J connectivity index is 2.61. The van der Waals surface area contributed by atoms with E-state index in [9.17, 15) is 14.5 Å². The van der Waals surface area contributed by atoms with Crippen LogP contribution in [0.1, 0.15) is 20.3 Å². The summed E-state index contributed by atoms with van der Waals surface area (Å²) >= 11 is 0. The van der Waals surface area contributed by atoms with Crippen molar-refractivity contribution in [1.82, 2.24) is 5.32 Å². The molecule has 0 radical (unpaired) electrons. The molecule has 1 aliphatic rings. The van der Waals surface area contributed by atoms with E-state index in [2.05, 4.69) is 10.1 Å². The first kappa shape index (κ1) is 17.3. The van der Waals surface area contributed by atoms with Gasteiger partial charge in [0.25, 0.3) is 0 Å². The summed E-state index contributed by atoms with van der Waals surface area (Å²) in [7, 11) is -1.21. The second kappa shape index (κ2) is 6.78. The third-order valence-electron chi connectivity index (χ3n) is 2.96. The van der Waals surface area contributed by atoms with Crippen LogP contribution in [0.3, 0.4) is 0 Å². The average Bonchev–Trinajstić information content (AvgIpc) is 2.41. The Labute approximate surface area is 118 Å². The van der Waals surface area contributed by atoms with E-state index in [1.54, 1.807) is 13.8 Å². The van der Waals surface area contributed by atoms with E-state index in [1.807, 2.05) is 0 Å². The number of rotatable bonds is 5. The molecule has 0 aromatic rings. The molecule has 20 heavy (non-hydrogen) atoms. The van der Waals surface area contributed by atoms with Crippen LogP contribution in [0.4, 0.5) is 0 Å². The Morgan fingerprint density at radius 3 is 2.65 bits per heavy atom. The first-order valence-corrected chi connectivity index (χ1v) is 7.85. The van der Waals surface area contributed by atoms with Gasteiger partial charge < -0.3 is 0 Å². The fourth-order valence-corrected chi connectivity index (χ4v) is 3.25. The van der Waals surface area contributed by atoms with Crippen LogP contribution in [-0.4, -0.2) is 50.2 Å². The molecule has 118 valence electrons. The summed E-state index contributed by atoms with van der Waals surface area (Å²) in [6.45, 7) is 3.83.